The fourth-order valence-electron chi connectivity index (χ4n) is 2.90. The zero-order valence-corrected chi connectivity index (χ0v) is 17.4. The van der Waals surface area contributed by atoms with E-state index >= 15 is 0 Å². The van der Waals surface area contributed by atoms with E-state index in [2.05, 4.69) is 20.6 Å². The Morgan fingerprint density at radius 3 is 2.53 bits per heavy atom. The van der Waals surface area contributed by atoms with Gasteiger partial charge in [-0.05, 0) is 48.9 Å². The molecule has 1 aromatic heterocycles. The minimum Gasteiger partial charge on any atom is -0.497 e. The second kappa shape index (κ2) is 10.3. The molecule has 3 rings (SSSR count). The molecule has 0 saturated heterocycles. The number of aliphatic imine (C=N–C) groups is 1. The lowest BCUT2D eigenvalue weighted by molar-refractivity contribution is 0.321. The molecule has 1 heterocycles. The maximum atomic E-state index is 14.5. The van der Waals surface area contributed by atoms with Gasteiger partial charge in [-0.1, -0.05) is 6.07 Å². The van der Waals surface area contributed by atoms with Crippen LogP contribution in [0.1, 0.15) is 11.4 Å². The van der Waals surface area contributed by atoms with Crippen molar-refractivity contribution in [1.82, 2.24) is 20.2 Å². The van der Waals surface area contributed by atoms with Crippen LogP contribution in [0.2, 0.25) is 0 Å². The molecule has 2 aromatic carbocycles. The third-order valence-corrected chi connectivity index (χ3v) is 4.50. The third kappa shape index (κ3) is 5.50. The summed E-state index contributed by atoms with van der Waals surface area (Å²) < 4.78 is 27.0. The maximum absolute atomic E-state index is 14.5. The van der Waals surface area contributed by atoms with Gasteiger partial charge >= 0.3 is 0 Å². The van der Waals surface area contributed by atoms with Crippen LogP contribution in [0.5, 0.6) is 11.5 Å². The number of aromatic nitrogens is 2. The molecule has 3 aromatic rings. The topological polar surface area (TPSA) is 72.7 Å². The molecular formula is C22H26FN5O2. The Bertz CT molecular complexity index is 985. The molecule has 0 spiro atoms. The Morgan fingerprint density at radius 1 is 1.13 bits per heavy atom. The second-order valence-electron chi connectivity index (χ2n) is 6.51. The molecule has 0 saturated carbocycles. The SMILES string of the molecule is CN=C(NCCOc1ccc(OC)cc1)NCc1ccc(-n2ccnc2C)c(F)c1. The number of imidazole rings is 1. The predicted octanol–water partition coefficient (Wildman–Crippen LogP) is 3.07. The number of ether oxygens (including phenoxy) is 2. The number of rotatable bonds is 8. The number of halogens is 1. The van der Waals surface area contributed by atoms with Crippen LogP contribution in [0.4, 0.5) is 4.39 Å². The fraction of sp³-hybridized carbons (Fsp3) is 0.273. The normalized spacial score (nSPS) is 11.3. The lowest BCUT2D eigenvalue weighted by Gasteiger charge is -2.13. The Hall–Kier alpha value is -3.55. The van der Waals surface area contributed by atoms with E-state index in [-0.39, 0.29) is 5.82 Å². The summed E-state index contributed by atoms with van der Waals surface area (Å²) >= 11 is 0. The zero-order chi connectivity index (χ0) is 21.3. The summed E-state index contributed by atoms with van der Waals surface area (Å²) in [5, 5.41) is 6.34. The number of benzene rings is 2. The summed E-state index contributed by atoms with van der Waals surface area (Å²) in [4.78, 5) is 8.31. The van der Waals surface area contributed by atoms with Crippen molar-refractivity contribution >= 4 is 5.96 Å². The molecule has 0 bridgehead atoms. The quantitative estimate of drug-likeness (QED) is 0.339. The van der Waals surface area contributed by atoms with Gasteiger partial charge in [0.2, 0.25) is 0 Å². The Labute approximate surface area is 175 Å². The van der Waals surface area contributed by atoms with Crippen molar-refractivity contribution in [3.63, 3.8) is 0 Å². The van der Waals surface area contributed by atoms with E-state index in [1.165, 1.54) is 6.07 Å². The molecule has 0 unspecified atom stereocenters. The lowest BCUT2D eigenvalue weighted by atomic mass is 10.2. The lowest BCUT2D eigenvalue weighted by Crippen LogP contribution is -2.38. The van der Waals surface area contributed by atoms with Crippen LogP contribution >= 0.6 is 0 Å². The molecule has 0 fully saturated rings. The van der Waals surface area contributed by atoms with E-state index in [9.17, 15) is 4.39 Å². The second-order valence-corrected chi connectivity index (χ2v) is 6.51. The molecular weight excluding hydrogens is 385 g/mol. The van der Waals surface area contributed by atoms with Crippen LogP contribution in [0, 0.1) is 12.7 Å². The van der Waals surface area contributed by atoms with Gasteiger partial charge in [0.1, 0.15) is 29.7 Å². The number of nitrogens with one attached hydrogen (secondary N) is 2. The Balaban J connectivity index is 1.46. The van der Waals surface area contributed by atoms with Crippen molar-refractivity contribution in [3.8, 4) is 17.2 Å². The molecule has 0 aliphatic heterocycles. The summed E-state index contributed by atoms with van der Waals surface area (Å²) in [6, 6.07) is 12.6. The van der Waals surface area contributed by atoms with Crippen LogP contribution in [-0.2, 0) is 6.54 Å². The van der Waals surface area contributed by atoms with Gasteiger partial charge in [-0.3, -0.25) is 4.99 Å². The van der Waals surface area contributed by atoms with Crippen LogP contribution in [-0.4, -0.2) is 42.8 Å². The smallest absolute Gasteiger partial charge is 0.191 e. The highest BCUT2D eigenvalue weighted by Gasteiger charge is 2.08. The predicted molar refractivity (Wildman–Crippen MR) is 115 cm³/mol. The molecule has 0 aliphatic rings. The molecule has 0 radical (unpaired) electrons. The van der Waals surface area contributed by atoms with Crippen LogP contribution in [0.15, 0.2) is 59.9 Å². The first kappa shape index (κ1) is 21.2. The average Bonchev–Trinajstić information content (AvgIpc) is 3.19. The first-order chi connectivity index (χ1) is 14.6. The highest BCUT2D eigenvalue weighted by atomic mass is 19.1. The summed E-state index contributed by atoms with van der Waals surface area (Å²) in [7, 11) is 3.31. The van der Waals surface area contributed by atoms with Gasteiger partial charge in [-0.2, -0.15) is 0 Å². The number of methoxy groups -OCH3 is 1. The number of aryl methyl sites for hydroxylation is 1. The molecule has 0 aliphatic carbocycles. The molecule has 0 atom stereocenters. The minimum absolute atomic E-state index is 0.300. The van der Waals surface area contributed by atoms with E-state index in [1.807, 2.05) is 37.3 Å². The standard InChI is InChI=1S/C22H26FN5O2/c1-16-25-10-12-28(16)21-9-4-17(14-20(21)23)15-27-22(24-2)26-11-13-30-19-7-5-18(29-3)6-8-19/h4-10,12,14H,11,13,15H2,1-3H3,(H2,24,26,27). The van der Waals surface area contributed by atoms with Gasteiger partial charge in [0.15, 0.2) is 5.96 Å². The van der Waals surface area contributed by atoms with Crippen molar-refractivity contribution in [2.24, 2.45) is 4.99 Å². The highest BCUT2D eigenvalue weighted by molar-refractivity contribution is 5.79. The first-order valence-electron chi connectivity index (χ1n) is 9.61. The molecule has 2 N–H and O–H groups in total. The molecule has 7 nitrogen and oxygen atoms in total. The van der Waals surface area contributed by atoms with Gasteiger partial charge in [-0.15, -0.1) is 0 Å². The van der Waals surface area contributed by atoms with Crippen molar-refractivity contribution in [2.75, 3.05) is 27.3 Å². The molecule has 0 amide bonds. The number of hydrogen-bond donors (Lipinski definition) is 2. The van der Waals surface area contributed by atoms with Crippen molar-refractivity contribution < 1.29 is 13.9 Å². The summed E-state index contributed by atoms with van der Waals surface area (Å²) in [6.07, 6.45) is 3.39. The largest absolute Gasteiger partial charge is 0.497 e. The summed E-state index contributed by atoms with van der Waals surface area (Å²) in [5.41, 5.74) is 1.29. The number of nitrogens with zero attached hydrogens (tertiary/aromatic N) is 3. The van der Waals surface area contributed by atoms with E-state index in [0.717, 1.165) is 22.9 Å². The Kier molecular flexibility index (Phi) is 7.26. The average molecular weight is 411 g/mol. The van der Waals surface area contributed by atoms with Gasteiger partial charge in [0, 0.05) is 26.0 Å². The van der Waals surface area contributed by atoms with Crippen molar-refractivity contribution in [1.29, 1.82) is 0 Å². The van der Waals surface area contributed by atoms with E-state index < -0.39 is 0 Å². The molecule has 158 valence electrons. The third-order valence-electron chi connectivity index (χ3n) is 4.50. The van der Waals surface area contributed by atoms with E-state index in [4.69, 9.17) is 9.47 Å². The van der Waals surface area contributed by atoms with Crippen LogP contribution in [0.25, 0.3) is 5.69 Å². The number of hydrogen-bond acceptors (Lipinski definition) is 4. The van der Waals surface area contributed by atoms with Crippen LogP contribution < -0.4 is 20.1 Å². The van der Waals surface area contributed by atoms with Crippen LogP contribution in [0.3, 0.4) is 0 Å². The van der Waals surface area contributed by atoms with Crippen molar-refractivity contribution in [3.05, 3.63) is 72.1 Å². The fourth-order valence-corrected chi connectivity index (χ4v) is 2.90. The maximum Gasteiger partial charge on any atom is 0.191 e. The molecule has 8 heteroatoms. The van der Waals surface area contributed by atoms with Gasteiger partial charge in [-0.25, -0.2) is 9.37 Å². The van der Waals surface area contributed by atoms with Crippen molar-refractivity contribution in [2.45, 2.75) is 13.5 Å². The monoisotopic (exact) mass is 411 g/mol. The summed E-state index contributed by atoms with van der Waals surface area (Å²) in [5.74, 6) is 2.61. The van der Waals surface area contributed by atoms with Gasteiger partial charge < -0.3 is 24.7 Å². The molecule has 30 heavy (non-hydrogen) atoms. The Morgan fingerprint density at radius 2 is 1.90 bits per heavy atom. The number of guanidine groups is 1. The van der Waals surface area contributed by atoms with E-state index in [0.29, 0.717) is 31.3 Å². The highest BCUT2D eigenvalue weighted by Crippen LogP contribution is 2.17. The zero-order valence-electron chi connectivity index (χ0n) is 17.4. The van der Waals surface area contributed by atoms with E-state index in [1.54, 1.807) is 37.2 Å². The van der Waals surface area contributed by atoms with Gasteiger partial charge in [0.25, 0.3) is 0 Å². The summed E-state index contributed by atoms with van der Waals surface area (Å²) in [6.45, 7) is 3.32. The van der Waals surface area contributed by atoms with Gasteiger partial charge in [0.05, 0.1) is 19.3 Å². The first-order valence-corrected chi connectivity index (χ1v) is 9.61. The minimum atomic E-state index is -0.300.